The number of hydrogen-bond donors (Lipinski definition) is 2. The van der Waals surface area contributed by atoms with Gasteiger partial charge in [-0.25, -0.2) is 4.98 Å². The Morgan fingerprint density at radius 2 is 2.00 bits per heavy atom. The molecule has 0 unspecified atom stereocenters. The number of H-pyrrole nitrogens is 1. The third-order valence-electron chi connectivity index (χ3n) is 4.22. The van der Waals surface area contributed by atoms with E-state index >= 15 is 0 Å². The van der Waals surface area contributed by atoms with Crippen LogP contribution in [-0.2, 0) is 18.4 Å². The van der Waals surface area contributed by atoms with Gasteiger partial charge in [-0.1, -0.05) is 17.8 Å². The second kappa shape index (κ2) is 8.39. The van der Waals surface area contributed by atoms with Gasteiger partial charge in [-0.15, -0.1) is 0 Å². The number of nitrogens with one attached hydrogen (secondary N) is 2. The minimum absolute atomic E-state index is 0.153. The molecule has 0 bridgehead atoms. The molecule has 8 nitrogen and oxygen atoms in total. The van der Waals surface area contributed by atoms with Crippen molar-refractivity contribution in [2.75, 3.05) is 20.0 Å². The molecule has 0 saturated carbocycles. The van der Waals surface area contributed by atoms with Gasteiger partial charge in [0.05, 0.1) is 25.5 Å². The van der Waals surface area contributed by atoms with E-state index in [4.69, 9.17) is 9.47 Å². The number of rotatable bonds is 7. The number of methoxy groups -OCH3 is 2. The molecule has 1 aromatic carbocycles. The topological polar surface area (TPSA) is 98.2 Å². The number of aromatic nitrogens is 3. The second-order valence-corrected chi connectivity index (χ2v) is 7.17. The van der Waals surface area contributed by atoms with E-state index in [1.807, 2.05) is 25.1 Å². The molecule has 0 aliphatic carbocycles. The Bertz CT molecular complexity index is 1070. The molecule has 2 aromatic heterocycles. The Morgan fingerprint density at radius 1 is 1.25 bits per heavy atom. The number of nitrogens with zero attached hydrogens (tertiary/aromatic N) is 2. The number of amides is 1. The lowest BCUT2D eigenvalue weighted by Gasteiger charge is -2.10. The van der Waals surface area contributed by atoms with Crippen LogP contribution in [0.15, 0.2) is 34.2 Å². The lowest BCUT2D eigenvalue weighted by Crippen LogP contribution is -2.26. The standard InChI is InChI=1S/C19H22N4O4S/c1-11-7-13-17(21-11)18(25)23(2)19(22-13)28-10-16(24)20-9-12-5-6-14(26-3)15(8-12)27-4/h5-8,21H,9-10H2,1-4H3,(H,20,24). The van der Waals surface area contributed by atoms with Crippen LogP contribution in [-0.4, -0.2) is 40.4 Å². The predicted octanol–water partition coefficient (Wildman–Crippen LogP) is 2.00. The van der Waals surface area contributed by atoms with Crippen molar-refractivity contribution in [1.82, 2.24) is 19.9 Å². The number of carbonyl (C=O) groups is 1. The van der Waals surface area contributed by atoms with Crippen molar-refractivity contribution in [3.63, 3.8) is 0 Å². The van der Waals surface area contributed by atoms with Gasteiger partial charge in [-0.05, 0) is 30.7 Å². The number of ether oxygens (including phenoxy) is 2. The third kappa shape index (κ3) is 4.14. The summed E-state index contributed by atoms with van der Waals surface area (Å²) < 4.78 is 11.9. The predicted molar refractivity (Wildman–Crippen MR) is 108 cm³/mol. The number of aromatic amines is 1. The SMILES string of the molecule is COc1ccc(CNC(=O)CSc2nc3cc(C)[nH]c3c(=O)n2C)cc1OC. The fourth-order valence-electron chi connectivity index (χ4n) is 2.76. The molecule has 1 amide bonds. The Balaban J connectivity index is 1.62. The number of thioether (sulfide) groups is 1. The highest BCUT2D eigenvalue weighted by Crippen LogP contribution is 2.27. The monoisotopic (exact) mass is 402 g/mol. The second-order valence-electron chi connectivity index (χ2n) is 6.23. The van der Waals surface area contributed by atoms with Crippen LogP contribution in [0.3, 0.4) is 0 Å². The highest BCUT2D eigenvalue weighted by Gasteiger charge is 2.13. The number of aryl methyl sites for hydroxylation is 1. The van der Waals surface area contributed by atoms with Crippen molar-refractivity contribution in [2.24, 2.45) is 7.05 Å². The van der Waals surface area contributed by atoms with E-state index < -0.39 is 0 Å². The van der Waals surface area contributed by atoms with Crippen molar-refractivity contribution < 1.29 is 14.3 Å². The molecule has 148 valence electrons. The normalized spacial score (nSPS) is 10.9. The third-order valence-corrected chi connectivity index (χ3v) is 5.25. The van der Waals surface area contributed by atoms with Crippen LogP contribution in [0, 0.1) is 6.92 Å². The molecular weight excluding hydrogens is 380 g/mol. The first-order valence-corrected chi connectivity index (χ1v) is 9.58. The molecule has 28 heavy (non-hydrogen) atoms. The summed E-state index contributed by atoms with van der Waals surface area (Å²) in [7, 11) is 4.79. The van der Waals surface area contributed by atoms with Crippen LogP contribution in [0.25, 0.3) is 11.0 Å². The number of fused-ring (bicyclic) bond motifs is 1. The molecule has 0 radical (unpaired) electrons. The average molecular weight is 402 g/mol. The highest BCUT2D eigenvalue weighted by molar-refractivity contribution is 7.99. The first kappa shape index (κ1) is 19.8. The molecule has 0 atom stereocenters. The maximum Gasteiger partial charge on any atom is 0.278 e. The van der Waals surface area contributed by atoms with Crippen LogP contribution in [0.1, 0.15) is 11.3 Å². The molecule has 3 aromatic rings. The summed E-state index contributed by atoms with van der Waals surface area (Å²) in [5, 5.41) is 3.35. The largest absolute Gasteiger partial charge is 0.493 e. The quantitative estimate of drug-likeness (QED) is 0.463. The van der Waals surface area contributed by atoms with Crippen LogP contribution in [0.2, 0.25) is 0 Å². The minimum atomic E-state index is -0.161. The van der Waals surface area contributed by atoms with E-state index in [0.717, 1.165) is 11.3 Å². The highest BCUT2D eigenvalue weighted by atomic mass is 32.2. The zero-order chi connectivity index (χ0) is 20.3. The van der Waals surface area contributed by atoms with Crippen molar-refractivity contribution in [3.8, 4) is 11.5 Å². The van der Waals surface area contributed by atoms with E-state index in [9.17, 15) is 9.59 Å². The number of hydrogen-bond acceptors (Lipinski definition) is 6. The van der Waals surface area contributed by atoms with E-state index in [1.54, 1.807) is 27.3 Å². The molecule has 9 heteroatoms. The lowest BCUT2D eigenvalue weighted by atomic mass is 10.2. The maximum atomic E-state index is 12.4. The fourth-order valence-corrected chi connectivity index (χ4v) is 3.56. The lowest BCUT2D eigenvalue weighted by molar-refractivity contribution is -0.118. The van der Waals surface area contributed by atoms with E-state index in [2.05, 4.69) is 15.3 Å². The molecule has 2 heterocycles. The molecule has 0 saturated heterocycles. The number of benzene rings is 1. The zero-order valence-electron chi connectivity index (χ0n) is 16.2. The Kier molecular flexibility index (Phi) is 5.93. The van der Waals surface area contributed by atoms with Crippen LogP contribution < -0.4 is 20.3 Å². The first-order valence-electron chi connectivity index (χ1n) is 8.59. The fraction of sp³-hybridized carbons (Fsp3) is 0.316. The Labute approximate surface area is 166 Å². The van der Waals surface area contributed by atoms with Crippen molar-refractivity contribution in [3.05, 3.63) is 45.9 Å². The van der Waals surface area contributed by atoms with Gasteiger partial charge >= 0.3 is 0 Å². The smallest absolute Gasteiger partial charge is 0.278 e. The van der Waals surface area contributed by atoms with Gasteiger partial charge in [-0.3, -0.25) is 14.2 Å². The molecule has 0 fully saturated rings. The van der Waals surface area contributed by atoms with Gasteiger partial charge < -0.3 is 19.8 Å². The zero-order valence-corrected chi connectivity index (χ0v) is 17.0. The molecule has 0 aliphatic heterocycles. The van der Waals surface area contributed by atoms with Gasteiger partial charge in [0.2, 0.25) is 5.91 Å². The first-order chi connectivity index (χ1) is 13.4. The van der Waals surface area contributed by atoms with E-state index in [1.165, 1.54) is 16.3 Å². The number of carbonyl (C=O) groups excluding carboxylic acids is 1. The van der Waals surface area contributed by atoms with Gasteiger partial charge in [0.1, 0.15) is 5.52 Å². The van der Waals surface area contributed by atoms with Crippen molar-refractivity contribution in [1.29, 1.82) is 0 Å². The van der Waals surface area contributed by atoms with Crippen LogP contribution in [0.5, 0.6) is 11.5 Å². The average Bonchev–Trinajstić information content (AvgIpc) is 3.08. The molecule has 0 aliphatic rings. The van der Waals surface area contributed by atoms with Gasteiger partial charge in [-0.2, -0.15) is 0 Å². The van der Waals surface area contributed by atoms with Crippen LogP contribution >= 0.6 is 11.8 Å². The van der Waals surface area contributed by atoms with Crippen LogP contribution in [0.4, 0.5) is 0 Å². The Morgan fingerprint density at radius 3 is 2.71 bits per heavy atom. The van der Waals surface area contributed by atoms with Gasteiger partial charge in [0, 0.05) is 19.3 Å². The van der Waals surface area contributed by atoms with E-state index in [-0.39, 0.29) is 17.2 Å². The minimum Gasteiger partial charge on any atom is -0.493 e. The summed E-state index contributed by atoms with van der Waals surface area (Å²) in [6.07, 6.45) is 0. The van der Waals surface area contributed by atoms with Gasteiger partial charge in [0.15, 0.2) is 16.7 Å². The molecule has 3 rings (SSSR count). The van der Waals surface area contributed by atoms with Crippen molar-refractivity contribution in [2.45, 2.75) is 18.6 Å². The Hall–Kier alpha value is -2.94. The summed E-state index contributed by atoms with van der Waals surface area (Å²) in [6, 6.07) is 7.29. The maximum absolute atomic E-state index is 12.4. The molecule has 0 spiro atoms. The summed E-state index contributed by atoms with van der Waals surface area (Å²) >= 11 is 1.22. The molecular formula is C19H22N4O4S. The summed E-state index contributed by atoms with van der Waals surface area (Å²) in [6.45, 7) is 2.23. The van der Waals surface area contributed by atoms with Gasteiger partial charge in [0.25, 0.3) is 5.56 Å². The molecule has 2 N–H and O–H groups in total. The summed E-state index contributed by atoms with van der Waals surface area (Å²) in [4.78, 5) is 32.1. The van der Waals surface area contributed by atoms with E-state index in [0.29, 0.717) is 34.2 Å². The summed E-state index contributed by atoms with van der Waals surface area (Å²) in [5.41, 5.74) is 2.68. The summed E-state index contributed by atoms with van der Waals surface area (Å²) in [5.74, 6) is 1.25. The van der Waals surface area contributed by atoms with Crippen molar-refractivity contribution >= 4 is 28.7 Å².